The van der Waals surface area contributed by atoms with Gasteiger partial charge in [-0.25, -0.2) is 4.79 Å². The maximum atomic E-state index is 10.3. The topological polar surface area (TPSA) is 58.6 Å². The molecule has 0 aliphatic rings. The molecule has 0 saturated heterocycles. The van der Waals surface area contributed by atoms with E-state index in [1.807, 2.05) is 0 Å². The Labute approximate surface area is 53.1 Å². The van der Waals surface area contributed by atoms with Crippen molar-refractivity contribution in [2.75, 3.05) is 13.2 Å². The summed E-state index contributed by atoms with van der Waals surface area (Å²) in [5.41, 5.74) is 0. The normalized spacial score (nSPS) is 8.11. The van der Waals surface area contributed by atoms with Crippen LogP contribution in [-0.4, -0.2) is 24.4 Å². The molecule has 1 amide bonds. The SMILES string of the molecule is C=COC(=O)NCCO. The summed E-state index contributed by atoms with van der Waals surface area (Å²) >= 11 is 0. The summed E-state index contributed by atoms with van der Waals surface area (Å²) in [7, 11) is 0. The molecule has 0 fully saturated rings. The van der Waals surface area contributed by atoms with E-state index in [0.29, 0.717) is 0 Å². The zero-order chi connectivity index (χ0) is 7.11. The molecule has 0 aliphatic carbocycles. The Morgan fingerprint density at radius 3 is 3.00 bits per heavy atom. The lowest BCUT2D eigenvalue weighted by Crippen LogP contribution is -2.25. The van der Waals surface area contributed by atoms with Crippen molar-refractivity contribution in [3.8, 4) is 0 Å². The number of ether oxygens (including phenoxy) is 1. The molecule has 0 atom stereocenters. The Hall–Kier alpha value is -1.03. The van der Waals surface area contributed by atoms with Crippen LogP contribution >= 0.6 is 0 Å². The molecule has 52 valence electrons. The molecule has 9 heavy (non-hydrogen) atoms. The molecule has 0 spiro atoms. The molecule has 4 nitrogen and oxygen atoms in total. The number of aliphatic hydroxyl groups is 1. The number of carbonyl (C=O) groups is 1. The van der Waals surface area contributed by atoms with E-state index in [-0.39, 0.29) is 13.2 Å². The predicted octanol–water partition coefficient (Wildman–Crippen LogP) is -0.152. The zero-order valence-electron chi connectivity index (χ0n) is 4.96. The van der Waals surface area contributed by atoms with Crippen LogP contribution in [-0.2, 0) is 4.74 Å². The Balaban J connectivity index is 3.16. The molecule has 0 aliphatic heterocycles. The van der Waals surface area contributed by atoms with Crippen LogP contribution in [0.5, 0.6) is 0 Å². The first-order chi connectivity index (χ1) is 4.31. The molecule has 0 aromatic heterocycles. The molecule has 0 bridgehead atoms. The van der Waals surface area contributed by atoms with Crippen molar-refractivity contribution < 1.29 is 14.6 Å². The summed E-state index contributed by atoms with van der Waals surface area (Å²) in [6.07, 6.45) is 0.422. The summed E-state index contributed by atoms with van der Waals surface area (Å²) in [6.45, 7) is 3.27. The second-order valence-corrected chi connectivity index (χ2v) is 1.22. The van der Waals surface area contributed by atoms with E-state index >= 15 is 0 Å². The molecule has 0 radical (unpaired) electrons. The van der Waals surface area contributed by atoms with Crippen molar-refractivity contribution in [1.29, 1.82) is 0 Å². The van der Waals surface area contributed by atoms with Crippen molar-refractivity contribution >= 4 is 6.09 Å². The van der Waals surface area contributed by atoms with Crippen LogP contribution in [0.25, 0.3) is 0 Å². The fourth-order valence-electron chi connectivity index (χ4n) is 0.275. The largest absolute Gasteiger partial charge is 0.419 e. The number of nitrogens with one attached hydrogen (secondary N) is 1. The highest BCUT2D eigenvalue weighted by Gasteiger charge is 1.94. The van der Waals surface area contributed by atoms with Crippen molar-refractivity contribution in [3.05, 3.63) is 12.8 Å². The second kappa shape index (κ2) is 5.11. The average Bonchev–Trinajstić information content (AvgIpc) is 1.85. The van der Waals surface area contributed by atoms with Gasteiger partial charge in [-0.2, -0.15) is 0 Å². The molecule has 0 rings (SSSR count). The lowest BCUT2D eigenvalue weighted by molar-refractivity contribution is 0.181. The third-order valence-corrected chi connectivity index (χ3v) is 0.572. The molecular weight excluding hydrogens is 122 g/mol. The van der Waals surface area contributed by atoms with E-state index < -0.39 is 6.09 Å². The average molecular weight is 131 g/mol. The van der Waals surface area contributed by atoms with Gasteiger partial charge < -0.3 is 15.2 Å². The first-order valence-corrected chi connectivity index (χ1v) is 2.47. The third kappa shape index (κ3) is 4.83. The number of amides is 1. The van der Waals surface area contributed by atoms with Crippen molar-refractivity contribution in [3.63, 3.8) is 0 Å². The monoisotopic (exact) mass is 131 g/mol. The molecular formula is C5H9NO3. The van der Waals surface area contributed by atoms with E-state index in [4.69, 9.17) is 5.11 Å². The number of rotatable bonds is 3. The molecule has 0 heterocycles. The van der Waals surface area contributed by atoms with Crippen LogP contribution in [0.4, 0.5) is 4.79 Å². The Bertz CT molecular complexity index is 102. The van der Waals surface area contributed by atoms with Gasteiger partial charge in [0, 0.05) is 6.54 Å². The van der Waals surface area contributed by atoms with Crippen LogP contribution < -0.4 is 5.32 Å². The Morgan fingerprint density at radius 1 is 1.89 bits per heavy atom. The summed E-state index contributed by atoms with van der Waals surface area (Å²) in [5, 5.41) is 10.4. The summed E-state index contributed by atoms with van der Waals surface area (Å²) in [5.74, 6) is 0. The van der Waals surface area contributed by atoms with Crippen molar-refractivity contribution in [2.45, 2.75) is 0 Å². The maximum absolute atomic E-state index is 10.3. The van der Waals surface area contributed by atoms with Crippen LogP contribution in [0.15, 0.2) is 12.8 Å². The van der Waals surface area contributed by atoms with Gasteiger partial charge in [0.1, 0.15) is 0 Å². The molecule has 4 heteroatoms. The number of hydrogen-bond donors (Lipinski definition) is 2. The number of hydrogen-bond acceptors (Lipinski definition) is 3. The van der Waals surface area contributed by atoms with Gasteiger partial charge in [-0.1, -0.05) is 6.58 Å². The van der Waals surface area contributed by atoms with Crippen molar-refractivity contribution in [2.24, 2.45) is 0 Å². The van der Waals surface area contributed by atoms with Crippen LogP contribution in [0.2, 0.25) is 0 Å². The lowest BCUT2D eigenvalue weighted by Gasteiger charge is -1.98. The van der Waals surface area contributed by atoms with E-state index in [1.165, 1.54) is 0 Å². The van der Waals surface area contributed by atoms with Crippen LogP contribution in [0.1, 0.15) is 0 Å². The van der Waals surface area contributed by atoms with Gasteiger partial charge in [-0.05, 0) is 0 Å². The maximum Gasteiger partial charge on any atom is 0.412 e. The van der Waals surface area contributed by atoms with E-state index in [0.717, 1.165) is 6.26 Å². The molecule has 0 aromatic rings. The summed E-state index contributed by atoms with van der Waals surface area (Å²) in [4.78, 5) is 10.3. The predicted molar refractivity (Wildman–Crippen MR) is 31.8 cm³/mol. The quantitative estimate of drug-likeness (QED) is 0.523. The third-order valence-electron chi connectivity index (χ3n) is 0.572. The highest BCUT2D eigenvalue weighted by Crippen LogP contribution is 1.74. The van der Waals surface area contributed by atoms with E-state index in [9.17, 15) is 4.79 Å². The lowest BCUT2D eigenvalue weighted by atomic mass is 10.7. The van der Waals surface area contributed by atoms with Crippen LogP contribution in [0.3, 0.4) is 0 Å². The minimum absolute atomic E-state index is 0.0910. The zero-order valence-corrected chi connectivity index (χ0v) is 4.96. The fraction of sp³-hybridized carbons (Fsp3) is 0.400. The first-order valence-electron chi connectivity index (χ1n) is 2.47. The Kier molecular flexibility index (Phi) is 4.53. The fourth-order valence-corrected chi connectivity index (χ4v) is 0.275. The minimum atomic E-state index is -0.598. The number of aliphatic hydroxyl groups excluding tert-OH is 1. The molecule has 2 N–H and O–H groups in total. The Morgan fingerprint density at radius 2 is 2.56 bits per heavy atom. The number of carbonyl (C=O) groups excluding carboxylic acids is 1. The van der Waals surface area contributed by atoms with Crippen molar-refractivity contribution in [1.82, 2.24) is 5.32 Å². The smallest absolute Gasteiger partial charge is 0.412 e. The van der Waals surface area contributed by atoms with Gasteiger partial charge in [0.05, 0.1) is 12.9 Å². The highest BCUT2D eigenvalue weighted by atomic mass is 16.5. The number of alkyl carbamates (subject to hydrolysis) is 1. The molecule has 0 saturated carbocycles. The highest BCUT2D eigenvalue weighted by molar-refractivity contribution is 5.67. The minimum Gasteiger partial charge on any atom is -0.419 e. The molecule has 0 aromatic carbocycles. The summed E-state index contributed by atoms with van der Waals surface area (Å²) in [6, 6.07) is 0. The van der Waals surface area contributed by atoms with E-state index in [2.05, 4.69) is 16.6 Å². The van der Waals surface area contributed by atoms with Gasteiger partial charge in [0.25, 0.3) is 0 Å². The second-order valence-electron chi connectivity index (χ2n) is 1.22. The van der Waals surface area contributed by atoms with Gasteiger partial charge in [0.2, 0.25) is 0 Å². The summed E-state index contributed by atoms with van der Waals surface area (Å²) < 4.78 is 4.25. The first kappa shape index (κ1) is 7.97. The van der Waals surface area contributed by atoms with Crippen LogP contribution in [0, 0.1) is 0 Å². The van der Waals surface area contributed by atoms with Gasteiger partial charge >= 0.3 is 6.09 Å². The van der Waals surface area contributed by atoms with Gasteiger partial charge in [-0.15, -0.1) is 0 Å². The van der Waals surface area contributed by atoms with E-state index in [1.54, 1.807) is 0 Å². The van der Waals surface area contributed by atoms with Gasteiger partial charge in [-0.3, -0.25) is 0 Å². The standard InChI is InChI=1S/C5H9NO3/c1-2-9-5(8)6-3-4-7/h2,7H,1,3-4H2,(H,6,8). The molecule has 0 unspecified atom stereocenters. The van der Waals surface area contributed by atoms with Gasteiger partial charge in [0.15, 0.2) is 0 Å².